The molecule has 0 aliphatic heterocycles. The fourth-order valence-corrected chi connectivity index (χ4v) is 2.99. The van der Waals surface area contributed by atoms with Crippen LogP contribution in [0.1, 0.15) is 10.6 Å². The van der Waals surface area contributed by atoms with Gasteiger partial charge in [-0.3, -0.25) is 0 Å². The highest BCUT2D eigenvalue weighted by atomic mass is 79.9. The highest BCUT2D eigenvalue weighted by Gasteiger charge is 2.14. The van der Waals surface area contributed by atoms with E-state index in [2.05, 4.69) is 31.1 Å². The van der Waals surface area contributed by atoms with Gasteiger partial charge in [0, 0.05) is 21.8 Å². The molecule has 2 aromatic heterocycles. The van der Waals surface area contributed by atoms with Crippen LogP contribution in [-0.2, 0) is 6.42 Å². The first-order valence-electron chi connectivity index (χ1n) is 6.42. The Bertz CT molecular complexity index is 768. The summed E-state index contributed by atoms with van der Waals surface area (Å²) in [5, 5.41) is 6.91. The van der Waals surface area contributed by atoms with E-state index >= 15 is 0 Å². The third-order valence-corrected chi connectivity index (χ3v) is 4.75. The molecule has 108 valence electrons. The summed E-state index contributed by atoms with van der Waals surface area (Å²) in [7, 11) is 0. The fraction of sp³-hybridized carbons (Fsp3) is 0.214. The molecule has 3 rings (SSSR count). The number of halogens is 1. The van der Waals surface area contributed by atoms with Gasteiger partial charge in [0.2, 0.25) is 5.82 Å². The zero-order valence-electron chi connectivity index (χ0n) is 11.3. The van der Waals surface area contributed by atoms with Crippen LogP contribution in [-0.4, -0.2) is 21.7 Å². The van der Waals surface area contributed by atoms with E-state index in [0.717, 1.165) is 27.0 Å². The Hall–Kier alpha value is -1.57. The molecule has 3 aromatic rings. The van der Waals surface area contributed by atoms with Crippen molar-refractivity contribution < 1.29 is 4.52 Å². The monoisotopic (exact) mass is 364 g/mol. The molecule has 21 heavy (non-hydrogen) atoms. The maximum Gasteiger partial charge on any atom is 0.277 e. The second-order valence-corrected chi connectivity index (χ2v) is 6.35. The van der Waals surface area contributed by atoms with Crippen molar-refractivity contribution in [3.8, 4) is 23.0 Å². The van der Waals surface area contributed by atoms with Gasteiger partial charge in [-0.05, 0) is 25.1 Å². The van der Waals surface area contributed by atoms with Crippen molar-refractivity contribution in [2.24, 2.45) is 5.73 Å². The summed E-state index contributed by atoms with van der Waals surface area (Å²) in [5.41, 5.74) is 8.29. The van der Waals surface area contributed by atoms with E-state index in [-0.39, 0.29) is 0 Å². The van der Waals surface area contributed by atoms with E-state index in [1.165, 1.54) is 0 Å². The van der Waals surface area contributed by atoms with Crippen LogP contribution in [0.2, 0.25) is 0 Å². The zero-order valence-corrected chi connectivity index (χ0v) is 13.7. The van der Waals surface area contributed by atoms with E-state index in [1.54, 1.807) is 11.3 Å². The number of hydrogen-bond donors (Lipinski definition) is 1. The Balaban J connectivity index is 1.89. The van der Waals surface area contributed by atoms with Crippen molar-refractivity contribution in [3.63, 3.8) is 0 Å². The molecule has 0 spiro atoms. The molecular formula is C14H13BrN4OS. The van der Waals surface area contributed by atoms with Crippen LogP contribution in [0, 0.1) is 6.92 Å². The fourth-order valence-electron chi connectivity index (χ4n) is 1.82. The van der Waals surface area contributed by atoms with E-state index in [4.69, 9.17) is 10.3 Å². The second-order valence-electron chi connectivity index (χ2n) is 4.55. The smallest absolute Gasteiger partial charge is 0.277 e. The van der Waals surface area contributed by atoms with Gasteiger partial charge < -0.3 is 10.3 Å². The van der Waals surface area contributed by atoms with Crippen LogP contribution in [0.4, 0.5) is 0 Å². The van der Waals surface area contributed by atoms with Crippen molar-refractivity contribution in [2.75, 3.05) is 6.54 Å². The number of hydrogen-bond acceptors (Lipinski definition) is 6. The summed E-state index contributed by atoms with van der Waals surface area (Å²) in [4.78, 5) is 8.85. The molecule has 0 fully saturated rings. The lowest BCUT2D eigenvalue weighted by molar-refractivity contribution is 0.431. The van der Waals surface area contributed by atoms with Crippen molar-refractivity contribution in [3.05, 3.63) is 38.6 Å². The number of nitrogens with zero attached hydrogens (tertiary/aromatic N) is 3. The van der Waals surface area contributed by atoms with Gasteiger partial charge in [-0.1, -0.05) is 33.2 Å². The SMILES string of the molecule is Cc1ccc(-c2noc(-c3csc(CCN)n3)n2)cc1Br. The summed E-state index contributed by atoms with van der Waals surface area (Å²) < 4.78 is 6.32. The van der Waals surface area contributed by atoms with Gasteiger partial charge >= 0.3 is 0 Å². The highest BCUT2D eigenvalue weighted by Crippen LogP contribution is 2.26. The maximum absolute atomic E-state index is 5.53. The first-order chi connectivity index (χ1) is 10.2. The summed E-state index contributed by atoms with van der Waals surface area (Å²) in [6, 6.07) is 5.96. The van der Waals surface area contributed by atoms with Crippen LogP contribution in [0.3, 0.4) is 0 Å². The normalized spacial score (nSPS) is 11.0. The highest BCUT2D eigenvalue weighted by molar-refractivity contribution is 9.10. The van der Waals surface area contributed by atoms with Crippen LogP contribution in [0.5, 0.6) is 0 Å². The van der Waals surface area contributed by atoms with Crippen molar-refractivity contribution >= 4 is 27.3 Å². The molecule has 5 nitrogen and oxygen atoms in total. The molecule has 2 N–H and O–H groups in total. The third-order valence-electron chi connectivity index (χ3n) is 2.99. The number of rotatable bonds is 4. The van der Waals surface area contributed by atoms with Crippen LogP contribution < -0.4 is 5.73 Å². The molecule has 7 heteroatoms. The molecule has 0 aliphatic rings. The number of nitrogens with two attached hydrogens (primary N) is 1. The molecule has 0 unspecified atom stereocenters. The van der Waals surface area contributed by atoms with Gasteiger partial charge in [0.1, 0.15) is 5.69 Å². The number of aryl methyl sites for hydroxylation is 1. The summed E-state index contributed by atoms with van der Waals surface area (Å²) in [6.07, 6.45) is 0.760. The Morgan fingerprint density at radius 3 is 2.95 bits per heavy atom. The third kappa shape index (κ3) is 3.04. The van der Waals surface area contributed by atoms with Crippen molar-refractivity contribution in [1.82, 2.24) is 15.1 Å². The Morgan fingerprint density at radius 1 is 1.33 bits per heavy atom. The van der Waals surface area contributed by atoms with Gasteiger partial charge in [-0.2, -0.15) is 4.98 Å². The van der Waals surface area contributed by atoms with E-state index in [9.17, 15) is 0 Å². The molecule has 0 radical (unpaired) electrons. The van der Waals surface area contributed by atoms with E-state index in [1.807, 2.05) is 30.5 Å². The summed E-state index contributed by atoms with van der Waals surface area (Å²) in [5.74, 6) is 0.986. The average Bonchev–Trinajstić information content (AvgIpc) is 3.11. The minimum Gasteiger partial charge on any atom is -0.332 e. The topological polar surface area (TPSA) is 77.8 Å². The lowest BCUT2D eigenvalue weighted by Crippen LogP contribution is -2.01. The molecule has 0 bridgehead atoms. The Kier molecular flexibility index (Phi) is 4.14. The molecular weight excluding hydrogens is 352 g/mol. The molecule has 0 aliphatic carbocycles. The van der Waals surface area contributed by atoms with Crippen molar-refractivity contribution in [2.45, 2.75) is 13.3 Å². The van der Waals surface area contributed by atoms with Gasteiger partial charge in [-0.25, -0.2) is 4.98 Å². The number of benzene rings is 1. The van der Waals surface area contributed by atoms with Crippen LogP contribution in [0.15, 0.2) is 32.6 Å². The standard InChI is InChI=1S/C14H13BrN4OS/c1-8-2-3-9(6-10(8)15)13-18-14(20-19-13)11-7-21-12(17-11)4-5-16/h2-3,6-7H,4-5,16H2,1H3. The molecule has 2 heterocycles. The first kappa shape index (κ1) is 14.4. The molecule has 0 saturated heterocycles. The number of thiazole rings is 1. The van der Waals surface area contributed by atoms with Crippen molar-refractivity contribution in [1.29, 1.82) is 0 Å². The Labute approximate surface area is 134 Å². The van der Waals surface area contributed by atoms with E-state index < -0.39 is 0 Å². The van der Waals surface area contributed by atoms with E-state index in [0.29, 0.717) is 24.0 Å². The second kappa shape index (κ2) is 6.05. The Morgan fingerprint density at radius 2 is 2.19 bits per heavy atom. The van der Waals surface area contributed by atoms with Crippen LogP contribution in [0.25, 0.3) is 23.0 Å². The van der Waals surface area contributed by atoms with Gasteiger partial charge in [0.05, 0.1) is 5.01 Å². The minimum atomic E-state index is 0.432. The largest absolute Gasteiger partial charge is 0.332 e. The lowest BCUT2D eigenvalue weighted by Gasteiger charge is -1.99. The van der Waals surface area contributed by atoms with Crippen LogP contribution >= 0.6 is 27.3 Å². The van der Waals surface area contributed by atoms with Gasteiger partial charge in [0.15, 0.2) is 0 Å². The quantitative estimate of drug-likeness (QED) is 0.766. The average molecular weight is 365 g/mol. The molecule has 0 saturated carbocycles. The molecule has 0 amide bonds. The number of aromatic nitrogens is 3. The summed E-state index contributed by atoms with van der Waals surface area (Å²) in [6.45, 7) is 2.61. The zero-order chi connectivity index (χ0) is 14.8. The van der Waals surface area contributed by atoms with Gasteiger partial charge in [0.25, 0.3) is 5.89 Å². The lowest BCUT2D eigenvalue weighted by atomic mass is 10.1. The minimum absolute atomic E-state index is 0.432. The predicted molar refractivity (Wildman–Crippen MR) is 86.0 cm³/mol. The predicted octanol–water partition coefficient (Wildman–Crippen LogP) is 3.43. The molecule has 0 atom stereocenters. The first-order valence-corrected chi connectivity index (χ1v) is 8.09. The molecule has 1 aromatic carbocycles. The summed E-state index contributed by atoms with van der Waals surface area (Å²) >= 11 is 5.06. The van der Waals surface area contributed by atoms with Gasteiger partial charge in [-0.15, -0.1) is 11.3 Å². The maximum atomic E-state index is 5.53.